The summed E-state index contributed by atoms with van der Waals surface area (Å²) in [5.41, 5.74) is 1.90. The molecule has 4 nitrogen and oxygen atoms in total. The molecular formula is C19H19NO3S. The molecule has 2 aromatic carbocycles. The maximum Gasteiger partial charge on any atom is 0.285 e. The van der Waals surface area contributed by atoms with E-state index < -0.39 is 10.0 Å². The van der Waals surface area contributed by atoms with Gasteiger partial charge in [-0.15, -0.1) is 10.3 Å². The molecular weight excluding hydrogens is 322 g/mol. The van der Waals surface area contributed by atoms with Crippen molar-refractivity contribution >= 4 is 15.9 Å². The van der Waals surface area contributed by atoms with E-state index in [0.717, 1.165) is 11.1 Å². The second kappa shape index (κ2) is 8.32. The van der Waals surface area contributed by atoms with Gasteiger partial charge in [-0.1, -0.05) is 53.9 Å². The van der Waals surface area contributed by atoms with Crippen LogP contribution in [0.2, 0.25) is 0 Å². The molecule has 2 aromatic rings. The van der Waals surface area contributed by atoms with Gasteiger partial charge < -0.3 is 4.74 Å². The molecule has 0 spiro atoms. The second-order valence-electron chi connectivity index (χ2n) is 5.15. The van der Waals surface area contributed by atoms with E-state index in [0.29, 0.717) is 0 Å². The average Bonchev–Trinajstić information content (AvgIpc) is 2.56. The summed E-state index contributed by atoms with van der Waals surface area (Å²) in [5.74, 6) is 5.59. The molecule has 0 saturated carbocycles. The quantitative estimate of drug-likeness (QED) is 0.476. The molecule has 5 heteroatoms. The van der Waals surface area contributed by atoms with Crippen LogP contribution in [0.25, 0.3) is 0 Å². The molecule has 0 N–H and O–H groups in total. The van der Waals surface area contributed by atoms with Gasteiger partial charge in [0.25, 0.3) is 10.0 Å². The van der Waals surface area contributed by atoms with Crippen molar-refractivity contribution in [1.82, 2.24) is 0 Å². The molecule has 0 aliphatic heterocycles. The number of sulfonamides is 1. The number of benzene rings is 2. The van der Waals surface area contributed by atoms with Crippen molar-refractivity contribution in [2.75, 3.05) is 6.61 Å². The first-order chi connectivity index (χ1) is 11.5. The fourth-order valence-electron chi connectivity index (χ4n) is 1.97. The van der Waals surface area contributed by atoms with Crippen LogP contribution in [-0.2, 0) is 21.2 Å². The van der Waals surface area contributed by atoms with E-state index in [1.165, 1.54) is 0 Å². The smallest absolute Gasteiger partial charge is 0.285 e. The number of ether oxygens (including phenoxy) is 1. The lowest BCUT2D eigenvalue weighted by molar-refractivity contribution is 0.350. The summed E-state index contributed by atoms with van der Waals surface area (Å²) in [4.78, 5) is 0.142. The molecule has 2 rings (SSSR count). The Bertz CT molecular complexity index is 858. The Morgan fingerprint density at radius 3 is 2.38 bits per heavy atom. The molecule has 0 fully saturated rings. The summed E-state index contributed by atoms with van der Waals surface area (Å²) in [6.45, 7) is 3.69. The Kier molecular flexibility index (Phi) is 6.16. The fourth-order valence-corrected chi connectivity index (χ4v) is 2.94. The first-order valence-electron chi connectivity index (χ1n) is 7.48. The lowest BCUT2D eigenvalue weighted by Gasteiger charge is -2.08. The zero-order valence-electron chi connectivity index (χ0n) is 13.7. The van der Waals surface area contributed by atoms with Crippen molar-refractivity contribution in [2.45, 2.75) is 25.2 Å². The minimum Gasteiger partial charge on any atom is -0.467 e. The van der Waals surface area contributed by atoms with E-state index >= 15 is 0 Å². The molecule has 0 heterocycles. The van der Waals surface area contributed by atoms with Gasteiger partial charge in [0.1, 0.15) is 0 Å². The van der Waals surface area contributed by atoms with Gasteiger partial charge in [0.2, 0.25) is 5.90 Å². The Labute approximate surface area is 143 Å². The molecule has 0 aliphatic rings. The predicted molar refractivity (Wildman–Crippen MR) is 95.3 cm³/mol. The molecule has 0 aromatic heterocycles. The fraction of sp³-hybridized carbons (Fsp3) is 0.211. The maximum absolute atomic E-state index is 12.5. The van der Waals surface area contributed by atoms with Crippen LogP contribution in [0.3, 0.4) is 0 Å². The second-order valence-corrected chi connectivity index (χ2v) is 6.76. The van der Waals surface area contributed by atoms with Gasteiger partial charge in [0.15, 0.2) is 6.61 Å². The summed E-state index contributed by atoms with van der Waals surface area (Å²) in [6, 6.07) is 16.0. The van der Waals surface area contributed by atoms with E-state index in [-0.39, 0.29) is 23.8 Å². The van der Waals surface area contributed by atoms with Crippen LogP contribution >= 0.6 is 0 Å². The summed E-state index contributed by atoms with van der Waals surface area (Å²) in [5, 5.41) is 0. The summed E-state index contributed by atoms with van der Waals surface area (Å²) in [7, 11) is -3.82. The summed E-state index contributed by atoms with van der Waals surface area (Å²) in [6.07, 6.45) is 0.289. The highest BCUT2D eigenvalue weighted by molar-refractivity contribution is 7.90. The molecule has 0 amide bonds. The number of rotatable bonds is 5. The molecule has 0 unspecified atom stereocenters. The van der Waals surface area contributed by atoms with Gasteiger partial charge >= 0.3 is 0 Å². The molecule has 0 radical (unpaired) electrons. The van der Waals surface area contributed by atoms with E-state index in [2.05, 4.69) is 16.2 Å². The SMILES string of the molecule is CC#CCO/C(Cc1ccccc1)=N\S(=O)(=O)c1ccc(C)cc1. The maximum atomic E-state index is 12.5. The molecule has 24 heavy (non-hydrogen) atoms. The number of hydrogen-bond donors (Lipinski definition) is 0. The lowest BCUT2D eigenvalue weighted by Crippen LogP contribution is -2.12. The third-order valence-corrected chi connectivity index (χ3v) is 4.54. The Hall–Kier alpha value is -2.58. The Balaban J connectivity index is 2.30. The van der Waals surface area contributed by atoms with Crippen LogP contribution in [-0.4, -0.2) is 20.9 Å². The van der Waals surface area contributed by atoms with Crippen molar-refractivity contribution in [1.29, 1.82) is 0 Å². The molecule has 0 atom stereocenters. The van der Waals surface area contributed by atoms with Gasteiger partial charge in [0.05, 0.1) is 4.90 Å². The van der Waals surface area contributed by atoms with Gasteiger partial charge in [-0.25, -0.2) is 0 Å². The van der Waals surface area contributed by atoms with Crippen molar-refractivity contribution in [3.05, 3.63) is 65.7 Å². The summed E-state index contributed by atoms with van der Waals surface area (Å²) < 4.78 is 34.3. The lowest BCUT2D eigenvalue weighted by atomic mass is 10.1. The van der Waals surface area contributed by atoms with E-state index in [4.69, 9.17) is 4.74 Å². The zero-order chi connectivity index (χ0) is 17.4. The summed E-state index contributed by atoms with van der Waals surface area (Å²) >= 11 is 0. The van der Waals surface area contributed by atoms with Gasteiger partial charge in [-0.05, 0) is 31.5 Å². The Morgan fingerprint density at radius 1 is 1.08 bits per heavy atom. The first-order valence-corrected chi connectivity index (χ1v) is 8.92. The first kappa shape index (κ1) is 17.8. The van der Waals surface area contributed by atoms with Crippen molar-refractivity contribution in [3.63, 3.8) is 0 Å². The normalized spacial score (nSPS) is 11.5. The molecule has 124 valence electrons. The van der Waals surface area contributed by atoms with Crippen LogP contribution in [0.5, 0.6) is 0 Å². The van der Waals surface area contributed by atoms with Crippen LogP contribution in [0, 0.1) is 18.8 Å². The van der Waals surface area contributed by atoms with Crippen molar-refractivity contribution in [2.24, 2.45) is 4.40 Å². The monoisotopic (exact) mass is 341 g/mol. The number of hydrogen-bond acceptors (Lipinski definition) is 3. The minimum absolute atomic E-state index is 0.103. The minimum atomic E-state index is -3.82. The highest BCUT2D eigenvalue weighted by atomic mass is 32.2. The molecule has 0 saturated heterocycles. The topological polar surface area (TPSA) is 55.7 Å². The number of aryl methyl sites for hydroxylation is 1. The van der Waals surface area contributed by atoms with Gasteiger partial charge in [-0.3, -0.25) is 0 Å². The molecule has 0 aliphatic carbocycles. The van der Waals surface area contributed by atoms with Crippen molar-refractivity contribution < 1.29 is 13.2 Å². The van der Waals surface area contributed by atoms with Gasteiger partial charge in [0, 0.05) is 6.42 Å². The van der Waals surface area contributed by atoms with E-state index in [9.17, 15) is 8.42 Å². The van der Waals surface area contributed by atoms with Crippen LogP contribution in [0.1, 0.15) is 18.1 Å². The number of nitrogens with zero attached hydrogens (tertiary/aromatic N) is 1. The standard InChI is InChI=1S/C19H19NO3S/c1-3-4-14-23-19(15-17-8-6-5-7-9-17)20-24(21,22)18-12-10-16(2)11-13-18/h5-13H,14-15H2,1-2H3/b20-19-. The zero-order valence-corrected chi connectivity index (χ0v) is 14.5. The Morgan fingerprint density at radius 2 is 1.75 bits per heavy atom. The van der Waals surface area contributed by atoms with Crippen LogP contribution < -0.4 is 0 Å². The largest absolute Gasteiger partial charge is 0.467 e. The molecule has 0 bridgehead atoms. The highest BCUT2D eigenvalue weighted by Gasteiger charge is 2.15. The third-order valence-electron chi connectivity index (χ3n) is 3.23. The predicted octanol–water partition coefficient (Wildman–Crippen LogP) is 3.36. The third kappa shape index (κ3) is 5.25. The van der Waals surface area contributed by atoms with Gasteiger partial charge in [-0.2, -0.15) is 8.42 Å². The van der Waals surface area contributed by atoms with Crippen LogP contribution in [0.15, 0.2) is 63.9 Å². The highest BCUT2D eigenvalue weighted by Crippen LogP contribution is 2.14. The van der Waals surface area contributed by atoms with Crippen molar-refractivity contribution in [3.8, 4) is 11.8 Å². The van der Waals surface area contributed by atoms with E-state index in [1.807, 2.05) is 37.3 Å². The van der Waals surface area contributed by atoms with E-state index in [1.54, 1.807) is 31.2 Å². The van der Waals surface area contributed by atoms with Crippen LogP contribution in [0.4, 0.5) is 0 Å². The average molecular weight is 341 g/mol.